The Morgan fingerprint density at radius 1 is 1.25 bits per heavy atom. The van der Waals surface area contributed by atoms with Gasteiger partial charge in [0.1, 0.15) is 0 Å². The van der Waals surface area contributed by atoms with Crippen molar-refractivity contribution in [1.29, 1.82) is 0 Å². The molecule has 0 radical (unpaired) electrons. The number of hydrogen-bond donors (Lipinski definition) is 2. The Kier molecular flexibility index (Phi) is 5.66. The van der Waals surface area contributed by atoms with Crippen molar-refractivity contribution in [2.24, 2.45) is 9.98 Å². The van der Waals surface area contributed by atoms with Gasteiger partial charge in [0.2, 0.25) is 0 Å². The quantitative estimate of drug-likeness (QED) is 0.706. The van der Waals surface area contributed by atoms with Crippen LogP contribution in [0.3, 0.4) is 0 Å². The second-order valence-electron chi connectivity index (χ2n) is 2.63. The van der Waals surface area contributed by atoms with E-state index in [1.165, 1.54) is 0 Å². The second-order valence-corrected chi connectivity index (χ2v) is 3.42. The van der Waals surface area contributed by atoms with E-state index >= 15 is 0 Å². The third-order valence-electron chi connectivity index (χ3n) is 1.50. The second kappa shape index (κ2) is 7.07. The van der Waals surface area contributed by atoms with Crippen molar-refractivity contribution in [2.75, 3.05) is 6.54 Å². The molecule has 1 aromatic rings. The van der Waals surface area contributed by atoms with Gasteiger partial charge in [-0.1, -0.05) is 0 Å². The van der Waals surface area contributed by atoms with Crippen LogP contribution in [0.1, 0.15) is 12.2 Å². The molecule has 1 aliphatic rings. The fourth-order valence-corrected chi connectivity index (χ4v) is 0.963. The molecular formula is C8H10N4O3V. The molecule has 1 aliphatic heterocycles. The Morgan fingerprint density at radius 3 is 2.38 bits per heavy atom. The molecule has 0 aliphatic carbocycles. The SMILES string of the molecule is C1=NC(c2ncccn2)=NCC1.[O]=[V]([OH])[OH]. The molecule has 7 nitrogen and oxygen atoms in total. The average molecular weight is 261 g/mol. The maximum atomic E-state index is 8.78. The normalized spacial score (nSPS) is 13.5. The summed E-state index contributed by atoms with van der Waals surface area (Å²) in [7, 11) is 0. The molecular weight excluding hydrogens is 251 g/mol. The van der Waals surface area contributed by atoms with Crippen LogP contribution in [0, 0.1) is 0 Å². The first kappa shape index (κ1) is 12.8. The summed E-state index contributed by atoms with van der Waals surface area (Å²) in [5.41, 5.74) is 0. The van der Waals surface area contributed by atoms with Gasteiger partial charge >= 0.3 is 27.5 Å². The molecule has 0 unspecified atom stereocenters. The molecule has 8 heteroatoms. The molecule has 0 fully saturated rings. The van der Waals surface area contributed by atoms with Gasteiger partial charge in [0.05, 0.1) is 0 Å². The molecule has 16 heavy (non-hydrogen) atoms. The van der Waals surface area contributed by atoms with E-state index in [9.17, 15) is 0 Å². The van der Waals surface area contributed by atoms with E-state index < -0.39 is 15.8 Å². The van der Waals surface area contributed by atoms with Crippen LogP contribution < -0.4 is 0 Å². The molecule has 2 heterocycles. The summed E-state index contributed by atoms with van der Waals surface area (Å²) in [6.07, 6.45) is 6.14. The van der Waals surface area contributed by atoms with Gasteiger partial charge in [-0.15, -0.1) is 0 Å². The van der Waals surface area contributed by atoms with Crippen molar-refractivity contribution >= 4 is 12.1 Å². The molecule has 0 saturated heterocycles. The Hall–Kier alpha value is -1.28. The van der Waals surface area contributed by atoms with Crippen molar-refractivity contribution in [3.63, 3.8) is 0 Å². The zero-order valence-electron chi connectivity index (χ0n) is 8.26. The predicted octanol–water partition coefficient (Wildman–Crippen LogP) is -0.538. The number of rotatable bonds is 1. The van der Waals surface area contributed by atoms with Crippen LogP contribution in [0.5, 0.6) is 0 Å². The van der Waals surface area contributed by atoms with E-state index in [1.807, 2.05) is 6.21 Å². The van der Waals surface area contributed by atoms with Crippen molar-refractivity contribution in [2.45, 2.75) is 6.42 Å². The number of hydrogen-bond acceptors (Lipinski definition) is 5. The van der Waals surface area contributed by atoms with E-state index in [1.54, 1.807) is 18.5 Å². The summed E-state index contributed by atoms with van der Waals surface area (Å²) in [5, 5.41) is 0. The Bertz CT molecular complexity index is 403. The monoisotopic (exact) mass is 261 g/mol. The topological polar surface area (TPSA) is 108 Å². The summed E-state index contributed by atoms with van der Waals surface area (Å²) >= 11 is -3.44. The number of aromatic nitrogens is 2. The van der Waals surface area contributed by atoms with E-state index in [0.29, 0.717) is 11.7 Å². The van der Waals surface area contributed by atoms with Crippen LogP contribution in [0.25, 0.3) is 0 Å². The summed E-state index contributed by atoms with van der Waals surface area (Å²) in [6, 6.07) is 1.77. The van der Waals surface area contributed by atoms with Crippen LogP contribution in [-0.2, 0) is 19.5 Å². The molecule has 0 atom stereocenters. The van der Waals surface area contributed by atoms with Gasteiger partial charge in [-0.25, -0.2) is 15.0 Å². The zero-order valence-corrected chi connectivity index (χ0v) is 9.66. The van der Waals surface area contributed by atoms with E-state index in [-0.39, 0.29) is 0 Å². The fraction of sp³-hybridized carbons (Fsp3) is 0.250. The van der Waals surface area contributed by atoms with Gasteiger partial charge in [-0.2, -0.15) is 0 Å². The zero-order chi connectivity index (χ0) is 11.8. The number of nitrogens with zero attached hydrogens (tertiary/aromatic N) is 4. The molecule has 0 aromatic carbocycles. The van der Waals surface area contributed by atoms with Gasteiger partial charge in [0, 0.05) is 31.6 Å². The molecule has 0 saturated carbocycles. The Balaban J connectivity index is 0.000000280. The number of amidine groups is 1. The van der Waals surface area contributed by atoms with Crippen molar-refractivity contribution in [3.05, 3.63) is 24.3 Å². The summed E-state index contributed by atoms with van der Waals surface area (Å²) in [5.74, 6) is 1.25. The molecule has 85 valence electrons. The molecule has 0 spiro atoms. The first-order valence-corrected chi connectivity index (χ1v) is 6.21. The van der Waals surface area contributed by atoms with Gasteiger partial charge in [-0.3, -0.25) is 4.99 Å². The van der Waals surface area contributed by atoms with Crippen LogP contribution >= 0.6 is 0 Å². The average Bonchev–Trinajstić information content (AvgIpc) is 2.31. The summed E-state index contributed by atoms with van der Waals surface area (Å²) in [4.78, 5) is 16.4. The van der Waals surface area contributed by atoms with E-state index in [2.05, 4.69) is 20.0 Å². The standard InChI is InChI=1S/C8H8N4.2H2O.O.V/c1-3-9-7(10-4-1)8-11-5-2-6-12-8;;;;/h1,3-5H,2,6H2;2*1H2;;/q;;;;+2/p-2. The minimum absolute atomic E-state index is 0.605. The van der Waals surface area contributed by atoms with Crippen molar-refractivity contribution in [1.82, 2.24) is 9.97 Å². The molecule has 0 bridgehead atoms. The van der Waals surface area contributed by atoms with Gasteiger partial charge in [0.15, 0.2) is 11.7 Å². The Labute approximate surface area is 97.1 Å². The first-order valence-electron chi connectivity index (χ1n) is 4.39. The molecule has 0 amide bonds. The summed E-state index contributed by atoms with van der Waals surface area (Å²) < 4.78 is 23.2. The molecule has 2 rings (SSSR count). The van der Waals surface area contributed by atoms with Crippen LogP contribution in [0.15, 0.2) is 28.4 Å². The third kappa shape index (κ3) is 4.99. The van der Waals surface area contributed by atoms with Crippen LogP contribution in [-0.4, -0.2) is 36.6 Å². The van der Waals surface area contributed by atoms with Gasteiger partial charge in [0.25, 0.3) is 0 Å². The molecule has 2 N–H and O–H groups in total. The van der Waals surface area contributed by atoms with Gasteiger partial charge in [-0.05, 0) is 6.07 Å². The Morgan fingerprint density at radius 2 is 1.88 bits per heavy atom. The summed E-state index contributed by atoms with van der Waals surface area (Å²) in [6.45, 7) is 0.789. The number of aliphatic imine (C=N–C) groups is 2. The van der Waals surface area contributed by atoms with E-state index in [4.69, 9.17) is 11.7 Å². The van der Waals surface area contributed by atoms with Crippen molar-refractivity contribution in [3.8, 4) is 0 Å². The first-order chi connectivity index (χ1) is 7.70. The van der Waals surface area contributed by atoms with Crippen LogP contribution in [0.2, 0.25) is 0 Å². The molecule has 1 aromatic heterocycles. The van der Waals surface area contributed by atoms with E-state index in [0.717, 1.165) is 13.0 Å². The minimum atomic E-state index is -3.44. The van der Waals surface area contributed by atoms with Crippen molar-refractivity contribution < 1.29 is 27.5 Å². The fourth-order valence-electron chi connectivity index (χ4n) is 0.963. The predicted molar refractivity (Wildman–Crippen MR) is 51.7 cm³/mol. The maximum absolute atomic E-state index is 8.78. The third-order valence-corrected chi connectivity index (χ3v) is 1.50. The van der Waals surface area contributed by atoms with Gasteiger partial charge < -0.3 is 0 Å². The van der Waals surface area contributed by atoms with Crippen LogP contribution in [0.4, 0.5) is 0 Å².